The quantitative estimate of drug-likeness (QED) is 0.867. The number of hydrogen-bond acceptors (Lipinski definition) is 1. The minimum atomic E-state index is -0.393. The summed E-state index contributed by atoms with van der Waals surface area (Å²) in [6.07, 6.45) is 3.27. The molecule has 1 aromatic heterocycles. The summed E-state index contributed by atoms with van der Waals surface area (Å²) in [6.45, 7) is 0.267. The van der Waals surface area contributed by atoms with Gasteiger partial charge in [0.05, 0.1) is 5.56 Å². The number of H-pyrrole nitrogens is 1. The molecule has 88 valence electrons. The Balaban J connectivity index is 2.01. The van der Waals surface area contributed by atoms with Crippen molar-refractivity contribution >= 4 is 17.5 Å². The Hall–Kier alpha value is -1.81. The van der Waals surface area contributed by atoms with Crippen molar-refractivity contribution in [1.82, 2.24) is 10.3 Å². The van der Waals surface area contributed by atoms with Gasteiger partial charge in [0.25, 0.3) is 5.91 Å². The highest BCUT2D eigenvalue weighted by molar-refractivity contribution is 6.31. The van der Waals surface area contributed by atoms with Crippen LogP contribution in [0.2, 0.25) is 5.02 Å². The Kier molecular flexibility index (Phi) is 3.44. The molecule has 0 saturated carbocycles. The topological polar surface area (TPSA) is 44.9 Å². The Morgan fingerprint density at radius 2 is 2.24 bits per heavy atom. The molecule has 0 bridgehead atoms. The highest BCUT2D eigenvalue weighted by atomic mass is 35.5. The molecule has 1 heterocycles. The van der Waals surface area contributed by atoms with Gasteiger partial charge in [0.15, 0.2) is 0 Å². The fourth-order valence-electron chi connectivity index (χ4n) is 1.41. The van der Waals surface area contributed by atoms with E-state index in [4.69, 9.17) is 11.6 Å². The number of aromatic nitrogens is 1. The van der Waals surface area contributed by atoms with Crippen molar-refractivity contribution in [3.05, 3.63) is 58.6 Å². The minimum absolute atomic E-state index is 0.202. The van der Waals surface area contributed by atoms with Crippen molar-refractivity contribution in [3.8, 4) is 0 Å². The number of benzene rings is 1. The van der Waals surface area contributed by atoms with Crippen molar-refractivity contribution in [2.75, 3.05) is 0 Å². The van der Waals surface area contributed by atoms with Gasteiger partial charge in [-0.3, -0.25) is 4.79 Å². The average molecular weight is 253 g/mol. The summed E-state index contributed by atoms with van der Waals surface area (Å²) in [5.74, 6) is -0.595. The molecule has 0 aliphatic heterocycles. The second kappa shape index (κ2) is 5.01. The lowest BCUT2D eigenvalue weighted by atomic mass is 10.2. The molecule has 0 radical (unpaired) electrons. The highest BCUT2D eigenvalue weighted by Gasteiger charge is 2.07. The molecule has 0 fully saturated rings. The van der Waals surface area contributed by atoms with Crippen LogP contribution in [0, 0.1) is 5.82 Å². The SMILES string of the molecule is O=C(NCc1ccc(F)cc1Cl)c1cc[nH]c1. The molecule has 17 heavy (non-hydrogen) atoms. The third-order valence-corrected chi connectivity index (χ3v) is 2.67. The molecule has 0 aliphatic carbocycles. The number of aromatic amines is 1. The molecule has 0 aliphatic rings. The molecule has 1 amide bonds. The summed E-state index contributed by atoms with van der Waals surface area (Å²) >= 11 is 5.84. The zero-order chi connectivity index (χ0) is 12.3. The molecule has 0 atom stereocenters. The summed E-state index contributed by atoms with van der Waals surface area (Å²) in [4.78, 5) is 14.4. The number of halogens is 2. The maximum absolute atomic E-state index is 12.8. The standard InChI is InChI=1S/C12H10ClFN2O/c13-11-5-10(14)2-1-8(11)7-16-12(17)9-3-4-15-6-9/h1-6,15H,7H2,(H,16,17). The molecule has 2 rings (SSSR count). The van der Waals surface area contributed by atoms with E-state index in [1.165, 1.54) is 12.1 Å². The number of nitrogens with one attached hydrogen (secondary N) is 2. The van der Waals surface area contributed by atoms with Gasteiger partial charge in [-0.2, -0.15) is 0 Å². The Morgan fingerprint density at radius 3 is 2.88 bits per heavy atom. The molecule has 3 nitrogen and oxygen atoms in total. The van der Waals surface area contributed by atoms with Gasteiger partial charge in [-0.25, -0.2) is 4.39 Å². The summed E-state index contributed by atoms with van der Waals surface area (Å²) in [6, 6.07) is 5.75. The van der Waals surface area contributed by atoms with Crippen LogP contribution in [0.5, 0.6) is 0 Å². The van der Waals surface area contributed by atoms with Crippen LogP contribution in [0.15, 0.2) is 36.7 Å². The van der Waals surface area contributed by atoms with E-state index in [0.29, 0.717) is 16.1 Å². The second-order valence-electron chi connectivity index (χ2n) is 3.52. The van der Waals surface area contributed by atoms with Gasteiger partial charge in [0.2, 0.25) is 0 Å². The van der Waals surface area contributed by atoms with Gasteiger partial charge in [0.1, 0.15) is 5.82 Å². The zero-order valence-corrected chi connectivity index (χ0v) is 9.59. The molecule has 1 aromatic carbocycles. The van der Waals surface area contributed by atoms with Crippen LogP contribution in [-0.2, 0) is 6.54 Å². The van der Waals surface area contributed by atoms with E-state index in [1.54, 1.807) is 24.5 Å². The van der Waals surface area contributed by atoms with Crippen molar-refractivity contribution in [2.45, 2.75) is 6.54 Å². The van der Waals surface area contributed by atoms with Gasteiger partial charge >= 0.3 is 0 Å². The molecular formula is C12H10ClFN2O. The van der Waals surface area contributed by atoms with E-state index >= 15 is 0 Å². The second-order valence-corrected chi connectivity index (χ2v) is 3.93. The largest absolute Gasteiger partial charge is 0.367 e. The fourth-order valence-corrected chi connectivity index (χ4v) is 1.64. The Bertz CT molecular complexity index is 525. The minimum Gasteiger partial charge on any atom is -0.367 e. The number of amides is 1. The maximum Gasteiger partial charge on any atom is 0.253 e. The molecule has 0 spiro atoms. The van der Waals surface area contributed by atoms with Gasteiger partial charge in [-0.1, -0.05) is 17.7 Å². The van der Waals surface area contributed by atoms with E-state index in [1.807, 2.05) is 0 Å². The van der Waals surface area contributed by atoms with Crippen LogP contribution < -0.4 is 5.32 Å². The lowest BCUT2D eigenvalue weighted by Crippen LogP contribution is -2.22. The molecular weight excluding hydrogens is 243 g/mol. The van der Waals surface area contributed by atoms with E-state index < -0.39 is 5.82 Å². The molecule has 0 unspecified atom stereocenters. The number of carbonyl (C=O) groups excluding carboxylic acids is 1. The van der Waals surface area contributed by atoms with Crippen LogP contribution in [0.4, 0.5) is 4.39 Å². The van der Waals surface area contributed by atoms with Crippen molar-refractivity contribution in [3.63, 3.8) is 0 Å². The van der Waals surface area contributed by atoms with E-state index in [-0.39, 0.29) is 12.5 Å². The smallest absolute Gasteiger partial charge is 0.253 e. The van der Waals surface area contributed by atoms with Crippen LogP contribution in [0.25, 0.3) is 0 Å². The molecule has 5 heteroatoms. The van der Waals surface area contributed by atoms with Gasteiger partial charge in [-0.05, 0) is 23.8 Å². The summed E-state index contributed by atoms with van der Waals surface area (Å²) in [5, 5.41) is 3.00. The van der Waals surface area contributed by atoms with Gasteiger partial charge in [0, 0.05) is 24.0 Å². The van der Waals surface area contributed by atoms with Crippen molar-refractivity contribution in [1.29, 1.82) is 0 Å². The number of carbonyl (C=O) groups is 1. The number of hydrogen-bond donors (Lipinski definition) is 2. The first-order chi connectivity index (χ1) is 8.16. The predicted octanol–water partition coefficient (Wildman–Crippen LogP) is 2.74. The first-order valence-electron chi connectivity index (χ1n) is 5.02. The van der Waals surface area contributed by atoms with E-state index in [0.717, 1.165) is 0 Å². The maximum atomic E-state index is 12.8. The first-order valence-corrected chi connectivity index (χ1v) is 5.39. The fraction of sp³-hybridized carbons (Fsp3) is 0.0833. The van der Waals surface area contributed by atoms with Crippen LogP contribution in [0.1, 0.15) is 15.9 Å². The van der Waals surface area contributed by atoms with Crippen molar-refractivity contribution < 1.29 is 9.18 Å². The highest BCUT2D eigenvalue weighted by Crippen LogP contribution is 2.16. The summed E-state index contributed by atoms with van der Waals surface area (Å²) in [7, 11) is 0. The molecule has 0 saturated heterocycles. The first kappa shape index (κ1) is 11.7. The summed E-state index contributed by atoms with van der Waals surface area (Å²) in [5.41, 5.74) is 1.22. The average Bonchev–Trinajstić information content (AvgIpc) is 2.81. The zero-order valence-electron chi connectivity index (χ0n) is 8.84. The monoisotopic (exact) mass is 252 g/mol. The lowest BCUT2D eigenvalue weighted by Gasteiger charge is -2.06. The van der Waals surface area contributed by atoms with Gasteiger partial charge < -0.3 is 10.3 Å². The third kappa shape index (κ3) is 2.85. The van der Waals surface area contributed by atoms with Gasteiger partial charge in [-0.15, -0.1) is 0 Å². The van der Waals surface area contributed by atoms with E-state index in [2.05, 4.69) is 10.3 Å². The van der Waals surface area contributed by atoms with Crippen molar-refractivity contribution in [2.24, 2.45) is 0 Å². The summed E-state index contributed by atoms with van der Waals surface area (Å²) < 4.78 is 12.8. The van der Waals surface area contributed by atoms with Crippen LogP contribution in [0.3, 0.4) is 0 Å². The Labute approximate surface area is 103 Å². The number of rotatable bonds is 3. The molecule has 2 N–H and O–H groups in total. The van der Waals surface area contributed by atoms with Crippen LogP contribution >= 0.6 is 11.6 Å². The predicted molar refractivity (Wildman–Crippen MR) is 63.4 cm³/mol. The normalized spacial score (nSPS) is 10.2. The molecule has 2 aromatic rings. The third-order valence-electron chi connectivity index (χ3n) is 2.31. The Morgan fingerprint density at radius 1 is 1.41 bits per heavy atom. The van der Waals surface area contributed by atoms with Crippen LogP contribution in [-0.4, -0.2) is 10.9 Å². The van der Waals surface area contributed by atoms with E-state index in [9.17, 15) is 9.18 Å². The lowest BCUT2D eigenvalue weighted by molar-refractivity contribution is 0.0951.